The molecule has 1 aromatic rings. The summed E-state index contributed by atoms with van der Waals surface area (Å²) in [6, 6.07) is 5.16. The van der Waals surface area contributed by atoms with Gasteiger partial charge in [-0.15, -0.1) is 18.4 Å². The van der Waals surface area contributed by atoms with Crippen molar-refractivity contribution in [2.45, 2.75) is 12.8 Å². The largest absolute Gasteiger partial charge is 2.00 e. The maximum Gasteiger partial charge on any atom is 2.00 e. The molecule has 1 aromatic carbocycles. The second-order valence-corrected chi connectivity index (χ2v) is 5.42. The normalized spacial score (nSPS) is 14.4. The molecule has 0 heterocycles. The molecule has 0 radical (unpaired) electrons. The zero-order valence-corrected chi connectivity index (χ0v) is 14.8. The van der Waals surface area contributed by atoms with Crippen LogP contribution in [0.5, 0.6) is 0 Å². The minimum atomic E-state index is -0.0407. The molecule has 0 aromatic heterocycles. The minimum absolute atomic E-state index is 0. The van der Waals surface area contributed by atoms with Crippen molar-refractivity contribution in [3.8, 4) is 0 Å². The van der Waals surface area contributed by atoms with Gasteiger partial charge in [0.2, 0.25) is 0 Å². The summed E-state index contributed by atoms with van der Waals surface area (Å²) in [5.74, 6) is -0.0407. The average molecular weight is 385 g/mol. The molecular formula is C19H14Cl2FeO. The Hall–Kier alpha value is -1.31. The van der Waals surface area contributed by atoms with E-state index in [1.165, 1.54) is 6.08 Å². The maximum atomic E-state index is 11.7. The molecule has 4 heteroatoms. The molecule has 0 saturated heterocycles. The monoisotopic (exact) mass is 384 g/mol. The summed E-state index contributed by atoms with van der Waals surface area (Å²) in [6.07, 6.45) is 20.4. The van der Waals surface area contributed by atoms with E-state index in [4.69, 9.17) is 23.2 Å². The SMILES string of the molecule is O=C(/C=C/c1ccc(Cl)cc1Cl)C1=CC[C-]=C1.[C-]1=CC=CC1.[Fe+2]. The molecule has 0 saturated carbocycles. The molecule has 23 heavy (non-hydrogen) atoms. The number of carbonyl (C=O) groups excluding carboxylic acids is 1. The van der Waals surface area contributed by atoms with Crippen LogP contribution in [0.4, 0.5) is 0 Å². The fraction of sp³-hybridized carbons (Fsp3) is 0.105. The molecule has 0 fully saturated rings. The number of benzene rings is 1. The van der Waals surface area contributed by atoms with Gasteiger partial charge in [-0.05, 0) is 23.8 Å². The first-order valence-electron chi connectivity index (χ1n) is 6.83. The van der Waals surface area contributed by atoms with Gasteiger partial charge in [0.15, 0.2) is 0 Å². The standard InChI is InChI=1S/C14H9Cl2O.C5H5.Fe/c15-12-7-5-10(13(16)9-12)6-8-14(17)11-3-1-2-4-11;1-2-4-5-3-1;/h3-9H,1H2;1-3H,4H2;/q2*-1;+2/b8-6+;;. The Morgan fingerprint density at radius 2 is 2.00 bits per heavy atom. The first-order chi connectivity index (χ1) is 10.7. The summed E-state index contributed by atoms with van der Waals surface area (Å²) < 4.78 is 0. The maximum absolute atomic E-state index is 11.7. The van der Waals surface area contributed by atoms with Gasteiger partial charge in [-0.3, -0.25) is 12.2 Å². The molecule has 2 aliphatic rings. The van der Waals surface area contributed by atoms with Gasteiger partial charge in [0.1, 0.15) is 5.78 Å². The Bertz CT molecular complexity index is 687. The molecule has 0 atom stereocenters. The first-order valence-corrected chi connectivity index (χ1v) is 7.58. The summed E-state index contributed by atoms with van der Waals surface area (Å²) in [7, 11) is 0. The van der Waals surface area contributed by atoms with Crippen molar-refractivity contribution >= 4 is 35.1 Å². The average Bonchev–Trinajstić information content (AvgIpc) is 3.21. The molecule has 0 unspecified atom stereocenters. The van der Waals surface area contributed by atoms with E-state index >= 15 is 0 Å². The topological polar surface area (TPSA) is 17.1 Å². The summed E-state index contributed by atoms with van der Waals surface area (Å²) in [5.41, 5.74) is 1.45. The molecule has 0 amide bonds. The Morgan fingerprint density at radius 1 is 1.17 bits per heavy atom. The van der Waals surface area contributed by atoms with Gasteiger partial charge >= 0.3 is 17.1 Å². The number of carbonyl (C=O) groups is 1. The molecule has 118 valence electrons. The van der Waals surface area contributed by atoms with Gasteiger partial charge < -0.3 is 4.79 Å². The second kappa shape index (κ2) is 10.5. The van der Waals surface area contributed by atoms with Crippen molar-refractivity contribution in [3.05, 3.63) is 88.0 Å². The molecule has 0 N–H and O–H groups in total. The van der Waals surface area contributed by atoms with E-state index in [-0.39, 0.29) is 22.9 Å². The van der Waals surface area contributed by atoms with Crippen LogP contribution in [0.15, 0.2) is 60.2 Å². The molecule has 0 spiro atoms. The molecule has 1 nitrogen and oxygen atoms in total. The number of rotatable bonds is 3. The number of halogens is 2. The minimum Gasteiger partial charge on any atom is -0.311 e. The van der Waals surface area contributed by atoms with Crippen LogP contribution in [0, 0.1) is 12.2 Å². The van der Waals surface area contributed by atoms with E-state index in [1.54, 1.807) is 30.4 Å². The molecular weight excluding hydrogens is 371 g/mol. The smallest absolute Gasteiger partial charge is 0.311 e. The van der Waals surface area contributed by atoms with Gasteiger partial charge in [-0.25, -0.2) is 18.2 Å². The van der Waals surface area contributed by atoms with Crippen molar-refractivity contribution in [2.24, 2.45) is 0 Å². The van der Waals surface area contributed by atoms with E-state index in [9.17, 15) is 4.79 Å². The first kappa shape index (κ1) is 19.7. The van der Waals surface area contributed by atoms with Crippen molar-refractivity contribution in [1.82, 2.24) is 0 Å². The fourth-order valence-corrected chi connectivity index (χ4v) is 2.28. The number of hydrogen-bond donors (Lipinski definition) is 0. The Morgan fingerprint density at radius 3 is 2.52 bits per heavy atom. The van der Waals surface area contributed by atoms with Gasteiger partial charge in [0.05, 0.1) is 0 Å². The number of hydrogen-bond acceptors (Lipinski definition) is 1. The van der Waals surface area contributed by atoms with E-state index in [0.29, 0.717) is 22.0 Å². The van der Waals surface area contributed by atoms with Crippen molar-refractivity contribution in [2.75, 3.05) is 0 Å². The molecule has 0 bridgehead atoms. The van der Waals surface area contributed by atoms with Gasteiger partial charge in [-0.2, -0.15) is 12.2 Å². The second-order valence-electron chi connectivity index (χ2n) is 4.58. The van der Waals surface area contributed by atoms with E-state index in [0.717, 1.165) is 12.0 Å². The third kappa shape index (κ3) is 6.76. The summed E-state index contributed by atoms with van der Waals surface area (Å²) in [6.45, 7) is 0. The van der Waals surface area contributed by atoms with Crippen LogP contribution in [0.1, 0.15) is 18.4 Å². The van der Waals surface area contributed by atoms with Crippen molar-refractivity contribution in [1.29, 1.82) is 0 Å². The van der Waals surface area contributed by atoms with Gasteiger partial charge in [-0.1, -0.05) is 35.3 Å². The predicted octanol–water partition coefficient (Wildman–Crippen LogP) is 5.57. The van der Waals surface area contributed by atoms with Crippen LogP contribution < -0.4 is 0 Å². The molecule has 3 rings (SSSR count). The van der Waals surface area contributed by atoms with Crippen LogP contribution in [-0.2, 0) is 21.9 Å². The number of allylic oxidation sites excluding steroid dienone is 9. The predicted molar refractivity (Wildman–Crippen MR) is 92.6 cm³/mol. The van der Waals surface area contributed by atoms with Gasteiger partial charge in [0, 0.05) is 10.0 Å². The van der Waals surface area contributed by atoms with Crippen LogP contribution >= 0.6 is 23.2 Å². The third-order valence-corrected chi connectivity index (χ3v) is 3.51. The van der Waals surface area contributed by atoms with E-state index in [1.807, 2.05) is 18.2 Å². The molecule has 0 aliphatic heterocycles. The Labute approximate surface area is 157 Å². The van der Waals surface area contributed by atoms with E-state index < -0.39 is 0 Å². The Balaban J connectivity index is 0.000000377. The van der Waals surface area contributed by atoms with Crippen molar-refractivity contribution in [3.63, 3.8) is 0 Å². The summed E-state index contributed by atoms with van der Waals surface area (Å²) in [5, 5.41) is 1.11. The quantitative estimate of drug-likeness (QED) is 0.378. The number of ketones is 1. The van der Waals surface area contributed by atoms with Crippen LogP contribution in [0.2, 0.25) is 10.0 Å². The fourth-order valence-electron chi connectivity index (χ4n) is 1.81. The summed E-state index contributed by atoms with van der Waals surface area (Å²) in [4.78, 5) is 11.7. The zero-order valence-electron chi connectivity index (χ0n) is 12.2. The summed E-state index contributed by atoms with van der Waals surface area (Å²) >= 11 is 11.8. The third-order valence-electron chi connectivity index (χ3n) is 2.94. The van der Waals surface area contributed by atoms with E-state index in [2.05, 4.69) is 18.2 Å². The van der Waals surface area contributed by atoms with Crippen molar-refractivity contribution < 1.29 is 21.9 Å². The zero-order chi connectivity index (χ0) is 15.8. The van der Waals surface area contributed by atoms with Crippen LogP contribution in [0.25, 0.3) is 6.08 Å². The van der Waals surface area contributed by atoms with Crippen LogP contribution in [0.3, 0.4) is 0 Å². The molecule has 2 aliphatic carbocycles. The van der Waals surface area contributed by atoms with Crippen LogP contribution in [-0.4, -0.2) is 5.78 Å². The van der Waals surface area contributed by atoms with Gasteiger partial charge in [0.25, 0.3) is 0 Å². The Kier molecular flexibility index (Phi) is 8.98.